The van der Waals surface area contributed by atoms with E-state index in [1.54, 1.807) is 54.7 Å². The number of halogens is 1. The Morgan fingerprint density at radius 2 is 1.71 bits per heavy atom. The van der Waals surface area contributed by atoms with Crippen LogP contribution in [0.3, 0.4) is 0 Å². The summed E-state index contributed by atoms with van der Waals surface area (Å²) in [7, 11) is -3.73. The molecule has 0 fully saturated rings. The van der Waals surface area contributed by atoms with Crippen LogP contribution >= 0.6 is 15.9 Å². The van der Waals surface area contributed by atoms with E-state index in [0.29, 0.717) is 21.4 Å². The fourth-order valence-electron chi connectivity index (χ4n) is 2.49. The van der Waals surface area contributed by atoms with Crippen LogP contribution < -0.4 is 10.0 Å². The lowest BCUT2D eigenvalue weighted by Gasteiger charge is -2.11. The number of hydrogen-bond acceptors (Lipinski definition) is 4. The van der Waals surface area contributed by atoms with Crippen LogP contribution in [0.1, 0.15) is 21.5 Å². The molecule has 3 rings (SSSR count). The third-order valence-electron chi connectivity index (χ3n) is 4.13. The van der Waals surface area contributed by atoms with E-state index in [2.05, 4.69) is 31.0 Å². The number of pyridine rings is 1. The SMILES string of the molecule is Cc1ccc(S(=O)(=O)Nc2cccc(NC(=O)c3cncc(Br)c3)c2)cc1C. The Hall–Kier alpha value is -2.71. The molecule has 2 aromatic carbocycles. The molecule has 0 unspecified atom stereocenters. The molecule has 144 valence electrons. The third-order valence-corrected chi connectivity index (χ3v) is 5.94. The number of amides is 1. The van der Waals surface area contributed by atoms with Crippen LogP contribution in [0.5, 0.6) is 0 Å². The normalized spacial score (nSPS) is 11.1. The molecule has 0 aliphatic rings. The summed E-state index contributed by atoms with van der Waals surface area (Å²) in [6.45, 7) is 3.79. The Balaban J connectivity index is 1.79. The summed E-state index contributed by atoms with van der Waals surface area (Å²) >= 11 is 3.27. The number of anilines is 2. The van der Waals surface area contributed by atoms with Gasteiger partial charge in [-0.2, -0.15) is 0 Å². The molecule has 1 aromatic heterocycles. The lowest BCUT2D eigenvalue weighted by molar-refractivity contribution is 0.102. The first-order valence-corrected chi connectivity index (χ1v) is 10.6. The van der Waals surface area contributed by atoms with Crippen LogP contribution in [0, 0.1) is 13.8 Å². The molecule has 0 bridgehead atoms. The van der Waals surface area contributed by atoms with Gasteiger partial charge in [0.1, 0.15) is 0 Å². The summed E-state index contributed by atoms with van der Waals surface area (Å²) in [5.41, 5.74) is 3.11. The minimum absolute atomic E-state index is 0.185. The predicted molar refractivity (Wildman–Crippen MR) is 113 cm³/mol. The molecule has 8 heteroatoms. The van der Waals surface area contributed by atoms with Gasteiger partial charge in [0.2, 0.25) is 0 Å². The zero-order valence-electron chi connectivity index (χ0n) is 15.2. The first-order valence-electron chi connectivity index (χ1n) is 8.37. The quantitative estimate of drug-likeness (QED) is 0.587. The summed E-state index contributed by atoms with van der Waals surface area (Å²) in [5.74, 6) is -0.344. The van der Waals surface area contributed by atoms with Crippen molar-refractivity contribution < 1.29 is 13.2 Å². The van der Waals surface area contributed by atoms with Gasteiger partial charge in [0.25, 0.3) is 15.9 Å². The van der Waals surface area contributed by atoms with Crippen LogP contribution in [0.25, 0.3) is 0 Å². The average molecular weight is 460 g/mol. The van der Waals surface area contributed by atoms with Crippen molar-refractivity contribution in [3.05, 3.63) is 82.1 Å². The molecule has 0 atom stereocenters. The minimum atomic E-state index is -3.73. The first-order chi connectivity index (χ1) is 13.2. The predicted octanol–water partition coefficient (Wildman–Crippen LogP) is 4.51. The molecule has 1 amide bonds. The maximum Gasteiger partial charge on any atom is 0.261 e. The number of carbonyl (C=O) groups excluding carboxylic acids is 1. The van der Waals surface area contributed by atoms with E-state index in [0.717, 1.165) is 11.1 Å². The first kappa shape index (κ1) is 20.0. The fourth-order valence-corrected chi connectivity index (χ4v) is 3.99. The van der Waals surface area contributed by atoms with Crippen LogP contribution in [0.4, 0.5) is 11.4 Å². The second-order valence-electron chi connectivity index (χ2n) is 6.28. The van der Waals surface area contributed by atoms with E-state index < -0.39 is 10.0 Å². The van der Waals surface area contributed by atoms with E-state index in [4.69, 9.17) is 0 Å². The summed E-state index contributed by atoms with van der Waals surface area (Å²) < 4.78 is 28.5. The zero-order valence-corrected chi connectivity index (χ0v) is 17.6. The van der Waals surface area contributed by atoms with Crippen molar-refractivity contribution in [3.8, 4) is 0 Å². The van der Waals surface area contributed by atoms with E-state index in [9.17, 15) is 13.2 Å². The topological polar surface area (TPSA) is 88.2 Å². The second-order valence-corrected chi connectivity index (χ2v) is 8.88. The number of nitrogens with one attached hydrogen (secondary N) is 2. The Morgan fingerprint density at radius 1 is 0.964 bits per heavy atom. The number of aromatic nitrogens is 1. The molecule has 0 aliphatic carbocycles. The van der Waals surface area contributed by atoms with Gasteiger partial charge in [-0.3, -0.25) is 14.5 Å². The molecule has 2 N–H and O–H groups in total. The number of aryl methyl sites for hydroxylation is 2. The lowest BCUT2D eigenvalue weighted by Crippen LogP contribution is -2.15. The maximum atomic E-state index is 12.6. The van der Waals surface area contributed by atoms with Crippen molar-refractivity contribution in [2.24, 2.45) is 0 Å². The number of carbonyl (C=O) groups is 1. The molecule has 1 heterocycles. The van der Waals surface area contributed by atoms with Crippen molar-refractivity contribution in [1.82, 2.24) is 4.98 Å². The van der Waals surface area contributed by atoms with E-state index >= 15 is 0 Å². The minimum Gasteiger partial charge on any atom is -0.322 e. The van der Waals surface area contributed by atoms with Crippen LogP contribution in [0.15, 0.2) is 70.3 Å². The molecule has 0 saturated heterocycles. The number of hydrogen-bond donors (Lipinski definition) is 2. The largest absolute Gasteiger partial charge is 0.322 e. The maximum absolute atomic E-state index is 12.6. The third kappa shape index (κ3) is 4.76. The monoisotopic (exact) mass is 459 g/mol. The van der Waals surface area contributed by atoms with Gasteiger partial charge in [-0.1, -0.05) is 12.1 Å². The molecule has 0 spiro atoms. The molecule has 0 saturated carbocycles. The summed E-state index contributed by atoms with van der Waals surface area (Å²) in [4.78, 5) is 16.5. The highest BCUT2D eigenvalue weighted by Crippen LogP contribution is 2.22. The van der Waals surface area contributed by atoms with E-state index in [1.807, 2.05) is 13.8 Å². The number of benzene rings is 2. The van der Waals surface area contributed by atoms with Crippen LogP contribution in [0.2, 0.25) is 0 Å². The Bertz CT molecular complexity index is 1150. The van der Waals surface area contributed by atoms with Gasteiger partial charge < -0.3 is 5.32 Å². The summed E-state index contributed by atoms with van der Waals surface area (Å²) in [6, 6.07) is 13.1. The van der Waals surface area contributed by atoms with Gasteiger partial charge in [-0.25, -0.2) is 8.42 Å². The zero-order chi connectivity index (χ0) is 20.3. The molecule has 28 heavy (non-hydrogen) atoms. The van der Waals surface area contributed by atoms with Gasteiger partial charge in [-0.15, -0.1) is 0 Å². The van der Waals surface area contributed by atoms with Crippen molar-refractivity contribution in [2.75, 3.05) is 10.0 Å². The highest BCUT2D eigenvalue weighted by Gasteiger charge is 2.15. The van der Waals surface area contributed by atoms with Crippen molar-refractivity contribution in [2.45, 2.75) is 18.7 Å². The van der Waals surface area contributed by atoms with Gasteiger partial charge in [-0.05, 0) is 77.3 Å². The van der Waals surface area contributed by atoms with Crippen LogP contribution in [-0.4, -0.2) is 19.3 Å². The van der Waals surface area contributed by atoms with Crippen molar-refractivity contribution in [1.29, 1.82) is 0 Å². The molecule has 0 aliphatic heterocycles. The Labute approximate surface area is 172 Å². The lowest BCUT2D eigenvalue weighted by atomic mass is 10.1. The van der Waals surface area contributed by atoms with Crippen molar-refractivity contribution >= 4 is 43.2 Å². The van der Waals surface area contributed by atoms with Gasteiger partial charge in [0.15, 0.2) is 0 Å². The van der Waals surface area contributed by atoms with Crippen molar-refractivity contribution in [3.63, 3.8) is 0 Å². The van der Waals surface area contributed by atoms with E-state index in [-0.39, 0.29) is 10.8 Å². The number of rotatable bonds is 5. The fraction of sp³-hybridized carbons (Fsp3) is 0.100. The Morgan fingerprint density at radius 3 is 2.43 bits per heavy atom. The molecule has 6 nitrogen and oxygen atoms in total. The molecular formula is C20H18BrN3O3S. The molecular weight excluding hydrogens is 442 g/mol. The standard InChI is InChI=1S/C20H18BrN3O3S/c1-13-6-7-19(8-14(13)2)28(26,27)24-18-5-3-4-17(10-18)23-20(25)15-9-16(21)12-22-11-15/h3-12,24H,1-2H3,(H,23,25). The summed E-state index contributed by atoms with van der Waals surface area (Å²) in [5, 5.41) is 2.73. The number of nitrogens with zero attached hydrogens (tertiary/aromatic N) is 1. The molecule has 3 aromatic rings. The summed E-state index contributed by atoms with van der Waals surface area (Å²) in [6.07, 6.45) is 3.03. The van der Waals surface area contributed by atoms with Gasteiger partial charge in [0.05, 0.1) is 16.1 Å². The van der Waals surface area contributed by atoms with Gasteiger partial charge in [0, 0.05) is 22.6 Å². The second kappa shape index (κ2) is 8.12. The van der Waals surface area contributed by atoms with Gasteiger partial charge >= 0.3 is 0 Å². The highest BCUT2D eigenvalue weighted by atomic mass is 79.9. The highest BCUT2D eigenvalue weighted by molar-refractivity contribution is 9.10. The van der Waals surface area contributed by atoms with Crippen LogP contribution in [-0.2, 0) is 10.0 Å². The Kier molecular flexibility index (Phi) is 5.81. The smallest absolute Gasteiger partial charge is 0.261 e. The molecule has 0 radical (unpaired) electrons. The number of sulfonamides is 1. The van der Waals surface area contributed by atoms with E-state index in [1.165, 1.54) is 6.20 Å². The average Bonchev–Trinajstić information content (AvgIpc) is 2.64.